The molecular formula is C28H21NS2. The third kappa shape index (κ3) is 2.88. The van der Waals surface area contributed by atoms with Gasteiger partial charge in [-0.3, -0.25) is 0 Å². The molecule has 150 valence electrons. The van der Waals surface area contributed by atoms with E-state index in [9.17, 15) is 0 Å². The Morgan fingerprint density at radius 3 is 2.29 bits per heavy atom. The number of benzene rings is 4. The summed E-state index contributed by atoms with van der Waals surface area (Å²) < 4.78 is 1.20. The molecule has 0 fully saturated rings. The Balaban J connectivity index is 1.48. The summed E-state index contributed by atoms with van der Waals surface area (Å²) in [6, 6.07) is 30.4. The van der Waals surface area contributed by atoms with E-state index in [0.717, 1.165) is 21.0 Å². The average molecular weight is 436 g/mol. The first-order valence-corrected chi connectivity index (χ1v) is 11.7. The van der Waals surface area contributed by atoms with Gasteiger partial charge in [0.2, 0.25) is 0 Å². The monoisotopic (exact) mass is 435 g/mol. The molecule has 1 heterocycles. The quantitative estimate of drug-likeness (QED) is 0.276. The molecule has 0 spiro atoms. The van der Waals surface area contributed by atoms with Crippen molar-refractivity contribution in [2.24, 2.45) is 0 Å². The molecule has 5 aromatic rings. The lowest BCUT2D eigenvalue weighted by molar-refractivity contribution is 0.660. The van der Waals surface area contributed by atoms with E-state index in [1.807, 2.05) is 6.07 Å². The van der Waals surface area contributed by atoms with Crippen LogP contribution >= 0.6 is 24.0 Å². The maximum atomic E-state index is 4.86. The summed E-state index contributed by atoms with van der Waals surface area (Å²) in [6.07, 6.45) is 0. The highest BCUT2D eigenvalue weighted by Gasteiger charge is 2.35. The second-order valence-corrected chi connectivity index (χ2v) is 10.2. The van der Waals surface area contributed by atoms with Gasteiger partial charge in [-0.25, -0.2) is 4.98 Å². The molecule has 0 saturated carbocycles. The summed E-state index contributed by atoms with van der Waals surface area (Å²) >= 11 is 6.46. The van der Waals surface area contributed by atoms with E-state index in [0.29, 0.717) is 0 Å². The Morgan fingerprint density at radius 2 is 1.42 bits per heavy atom. The molecule has 0 unspecified atom stereocenters. The van der Waals surface area contributed by atoms with Gasteiger partial charge in [-0.05, 0) is 63.7 Å². The predicted molar refractivity (Wildman–Crippen MR) is 135 cm³/mol. The van der Waals surface area contributed by atoms with Crippen molar-refractivity contribution in [1.29, 1.82) is 0 Å². The van der Waals surface area contributed by atoms with Crippen LogP contribution in [0.4, 0.5) is 0 Å². The molecule has 31 heavy (non-hydrogen) atoms. The van der Waals surface area contributed by atoms with Gasteiger partial charge in [-0.15, -0.1) is 24.0 Å². The maximum absolute atomic E-state index is 4.86. The first kappa shape index (κ1) is 18.9. The highest BCUT2D eigenvalue weighted by molar-refractivity contribution is 7.80. The first-order chi connectivity index (χ1) is 15.0. The van der Waals surface area contributed by atoms with Crippen LogP contribution in [0.25, 0.3) is 43.0 Å². The molecule has 0 atom stereocenters. The van der Waals surface area contributed by atoms with Gasteiger partial charge >= 0.3 is 0 Å². The van der Waals surface area contributed by atoms with Crippen LogP contribution in [0.5, 0.6) is 0 Å². The van der Waals surface area contributed by atoms with Crippen molar-refractivity contribution < 1.29 is 0 Å². The fourth-order valence-electron chi connectivity index (χ4n) is 4.76. The highest BCUT2D eigenvalue weighted by Crippen LogP contribution is 2.49. The minimum absolute atomic E-state index is 0.00128. The fourth-order valence-corrected chi connectivity index (χ4v) is 6.07. The van der Waals surface area contributed by atoms with Gasteiger partial charge in [0, 0.05) is 15.9 Å². The topological polar surface area (TPSA) is 12.9 Å². The van der Waals surface area contributed by atoms with Crippen LogP contribution in [0.2, 0.25) is 0 Å². The molecule has 0 N–H and O–H groups in total. The minimum atomic E-state index is 0.00128. The fraction of sp³-hybridized carbons (Fsp3) is 0.107. The minimum Gasteiger partial charge on any atom is -0.236 e. The lowest BCUT2D eigenvalue weighted by Gasteiger charge is -2.22. The number of hydrogen-bond donors (Lipinski definition) is 1. The number of thiazole rings is 1. The molecule has 1 aliphatic rings. The van der Waals surface area contributed by atoms with Gasteiger partial charge in [0.15, 0.2) is 0 Å². The molecule has 1 nitrogen and oxygen atoms in total. The smallest absolute Gasteiger partial charge is 0.125 e. The number of nitrogens with zero attached hydrogens (tertiary/aromatic N) is 1. The predicted octanol–water partition coefficient (Wildman–Crippen LogP) is 8.23. The van der Waals surface area contributed by atoms with Crippen molar-refractivity contribution in [2.45, 2.75) is 24.2 Å². The number of fused-ring (bicyclic) bond motifs is 4. The van der Waals surface area contributed by atoms with Crippen molar-refractivity contribution in [1.82, 2.24) is 4.98 Å². The first-order valence-electron chi connectivity index (χ1n) is 10.5. The van der Waals surface area contributed by atoms with E-state index < -0.39 is 0 Å². The molecule has 6 rings (SSSR count). The van der Waals surface area contributed by atoms with E-state index in [1.54, 1.807) is 11.3 Å². The molecule has 4 aromatic carbocycles. The lowest BCUT2D eigenvalue weighted by atomic mass is 9.81. The van der Waals surface area contributed by atoms with Gasteiger partial charge in [0.05, 0.1) is 10.2 Å². The second kappa shape index (κ2) is 6.81. The largest absolute Gasteiger partial charge is 0.236 e. The number of thiol groups is 1. The second-order valence-electron chi connectivity index (χ2n) is 8.65. The van der Waals surface area contributed by atoms with Crippen LogP contribution in [0.3, 0.4) is 0 Å². The Morgan fingerprint density at radius 1 is 0.710 bits per heavy atom. The molecular weight excluding hydrogens is 414 g/mol. The third-order valence-corrected chi connectivity index (χ3v) is 7.90. The lowest BCUT2D eigenvalue weighted by Crippen LogP contribution is -2.14. The molecule has 0 saturated heterocycles. The summed E-state index contributed by atoms with van der Waals surface area (Å²) in [5.41, 5.74) is 10.1. The summed E-state index contributed by atoms with van der Waals surface area (Å²) in [6.45, 7) is 4.65. The van der Waals surface area contributed by atoms with Gasteiger partial charge < -0.3 is 0 Å². The SMILES string of the molecule is CC1(C)c2ccccc2-c2ccc(-c3ccc(S)c(-c4nc5ccccc5s4)c3)cc21. The number of aromatic nitrogens is 1. The van der Waals surface area contributed by atoms with E-state index in [4.69, 9.17) is 17.6 Å². The molecule has 0 bridgehead atoms. The molecule has 1 aromatic heterocycles. The van der Waals surface area contributed by atoms with Gasteiger partial charge in [-0.1, -0.05) is 68.4 Å². The Labute approximate surface area is 191 Å². The van der Waals surface area contributed by atoms with Crippen molar-refractivity contribution >= 4 is 34.2 Å². The molecule has 0 amide bonds. The number of para-hydroxylation sites is 1. The molecule has 3 heteroatoms. The van der Waals surface area contributed by atoms with E-state index in [2.05, 4.69) is 92.7 Å². The Hall–Kier alpha value is -2.88. The number of hydrogen-bond acceptors (Lipinski definition) is 3. The molecule has 0 radical (unpaired) electrons. The number of rotatable bonds is 2. The van der Waals surface area contributed by atoms with Crippen LogP contribution in [0.15, 0.2) is 89.8 Å². The van der Waals surface area contributed by atoms with Crippen molar-refractivity contribution in [3.8, 4) is 32.8 Å². The van der Waals surface area contributed by atoms with Crippen LogP contribution in [-0.2, 0) is 5.41 Å². The van der Waals surface area contributed by atoms with Crippen molar-refractivity contribution in [3.63, 3.8) is 0 Å². The summed E-state index contributed by atoms with van der Waals surface area (Å²) in [5.74, 6) is 0. The maximum Gasteiger partial charge on any atom is 0.125 e. The molecule has 1 aliphatic carbocycles. The van der Waals surface area contributed by atoms with E-state index in [1.165, 1.54) is 38.1 Å². The molecule has 0 aliphatic heterocycles. The Bertz CT molecular complexity index is 1440. The van der Waals surface area contributed by atoms with Crippen LogP contribution in [-0.4, -0.2) is 4.98 Å². The van der Waals surface area contributed by atoms with Gasteiger partial charge in [-0.2, -0.15) is 0 Å². The van der Waals surface area contributed by atoms with Crippen LogP contribution < -0.4 is 0 Å². The van der Waals surface area contributed by atoms with E-state index in [-0.39, 0.29) is 5.41 Å². The third-order valence-electron chi connectivity index (χ3n) is 6.44. The normalized spacial score (nSPS) is 13.9. The zero-order valence-electron chi connectivity index (χ0n) is 17.4. The standard InChI is InChI=1S/C28H21NS2/c1-28(2)22-8-4-3-7-19(22)20-13-11-18(16-23(20)28)17-12-14-25(30)21(15-17)27-29-24-9-5-6-10-26(24)31-27/h3-16,30H,1-2H3. The van der Waals surface area contributed by atoms with E-state index >= 15 is 0 Å². The Kier molecular flexibility index (Phi) is 4.14. The zero-order valence-corrected chi connectivity index (χ0v) is 19.1. The highest BCUT2D eigenvalue weighted by atomic mass is 32.1. The van der Waals surface area contributed by atoms with Crippen LogP contribution in [0, 0.1) is 0 Å². The summed E-state index contributed by atoms with van der Waals surface area (Å²) in [4.78, 5) is 5.81. The van der Waals surface area contributed by atoms with Gasteiger partial charge in [0.1, 0.15) is 5.01 Å². The zero-order chi connectivity index (χ0) is 21.2. The summed E-state index contributed by atoms with van der Waals surface area (Å²) in [7, 11) is 0. The van der Waals surface area contributed by atoms with Crippen LogP contribution in [0.1, 0.15) is 25.0 Å². The van der Waals surface area contributed by atoms with Gasteiger partial charge in [0.25, 0.3) is 0 Å². The summed E-state index contributed by atoms with van der Waals surface area (Å²) in [5, 5.41) is 1.02. The average Bonchev–Trinajstić information content (AvgIpc) is 3.31. The van der Waals surface area contributed by atoms with Crippen molar-refractivity contribution in [2.75, 3.05) is 0 Å². The van der Waals surface area contributed by atoms with Crippen molar-refractivity contribution in [3.05, 3.63) is 96.1 Å².